The van der Waals surface area contributed by atoms with Gasteiger partial charge >= 0.3 is 0 Å². The third-order valence-electron chi connectivity index (χ3n) is 3.25. The molecule has 0 unspecified atom stereocenters. The van der Waals surface area contributed by atoms with Crippen molar-refractivity contribution in [3.8, 4) is 17.0 Å². The zero-order valence-corrected chi connectivity index (χ0v) is 14.2. The lowest BCUT2D eigenvalue weighted by molar-refractivity contribution is 0.0950. The number of benzene rings is 2. The van der Waals surface area contributed by atoms with E-state index in [9.17, 15) is 9.90 Å². The number of halogens is 2. The van der Waals surface area contributed by atoms with Gasteiger partial charge in [-0.15, -0.1) is 0 Å². The highest BCUT2D eigenvalue weighted by Gasteiger charge is 2.11. The number of rotatable bonds is 4. The molecule has 8 heteroatoms. The highest BCUT2D eigenvalue weighted by molar-refractivity contribution is 6.35. The average Bonchev–Trinajstić information content (AvgIpc) is 3.06. The third-order valence-corrected chi connectivity index (χ3v) is 3.69. The first kappa shape index (κ1) is 17.0. The highest BCUT2D eigenvalue weighted by Crippen LogP contribution is 2.26. The van der Waals surface area contributed by atoms with Crippen LogP contribution in [0.25, 0.3) is 11.3 Å². The van der Waals surface area contributed by atoms with E-state index in [0.29, 0.717) is 21.3 Å². The van der Waals surface area contributed by atoms with Gasteiger partial charge in [-0.25, -0.2) is 5.43 Å². The number of nitrogens with zero attached hydrogens (tertiary/aromatic N) is 2. The first-order chi connectivity index (χ1) is 12.0. The van der Waals surface area contributed by atoms with Gasteiger partial charge in [0.1, 0.15) is 11.4 Å². The SMILES string of the molecule is O=C(N/N=C/c1ccc(O)cc1)c1cc(-c2cc(Cl)cc(Cl)c2)n[nH]1. The molecule has 3 N–H and O–H groups in total. The molecule has 0 aliphatic rings. The van der Waals surface area contributed by atoms with Crippen molar-refractivity contribution < 1.29 is 9.90 Å². The van der Waals surface area contributed by atoms with E-state index in [1.54, 1.807) is 36.4 Å². The van der Waals surface area contributed by atoms with E-state index >= 15 is 0 Å². The van der Waals surface area contributed by atoms with Gasteiger partial charge in [0, 0.05) is 15.6 Å². The molecule has 0 spiro atoms. The van der Waals surface area contributed by atoms with Crippen LogP contribution in [0.2, 0.25) is 10.0 Å². The monoisotopic (exact) mass is 374 g/mol. The Kier molecular flexibility index (Phi) is 5.02. The lowest BCUT2D eigenvalue weighted by Crippen LogP contribution is -2.17. The molecule has 0 atom stereocenters. The second-order valence-corrected chi connectivity index (χ2v) is 5.99. The number of aromatic hydroxyl groups is 1. The van der Waals surface area contributed by atoms with Crippen LogP contribution >= 0.6 is 23.2 Å². The van der Waals surface area contributed by atoms with Gasteiger partial charge in [0.05, 0.1) is 11.9 Å². The fourth-order valence-corrected chi connectivity index (χ4v) is 2.60. The summed E-state index contributed by atoms with van der Waals surface area (Å²) < 4.78 is 0. The van der Waals surface area contributed by atoms with Gasteiger partial charge in [0.15, 0.2) is 0 Å². The lowest BCUT2D eigenvalue weighted by atomic mass is 10.1. The van der Waals surface area contributed by atoms with Crippen molar-refractivity contribution in [2.45, 2.75) is 0 Å². The van der Waals surface area contributed by atoms with Crippen molar-refractivity contribution >= 4 is 35.3 Å². The van der Waals surface area contributed by atoms with Crippen molar-refractivity contribution in [1.82, 2.24) is 15.6 Å². The Morgan fingerprint density at radius 3 is 2.48 bits per heavy atom. The van der Waals surface area contributed by atoms with Crippen LogP contribution < -0.4 is 5.43 Å². The summed E-state index contributed by atoms with van der Waals surface area (Å²) in [6, 6.07) is 13.0. The maximum absolute atomic E-state index is 12.1. The van der Waals surface area contributed by atoms with E-state index in [-0.39, 0.29) is 11.4 Å². The molecule has 1 aromatic heterocycles. The van der Waals surface area contributed by atoms with Crippen LogP contribution in [-0.2, 0) is 0 Å². The van der Waals surface area contributed by atoms with Crippen molar-refractivity contribution in [2.75, 3.05) is 0 Å². The van der Waals surface area contributed by atoms with Gasteiger partial charge in [0.2, 0.25) is 0 Å². The molecule has 0 saturated carbocycles. The molecule has 0 radical (unpaired) electrons. The van der Waals surface area contributed by atoms with Gasteiger partial charge in [-0.05, 0) is 54.1 Å². The summed E-state index contributed by atoms with van der Waals surface area (Å²) in [7, 11) is 0. The minimum atomic E-state index is -0.443. The number of nitrogens with one attached hydrogen (secondary N) is 2. The number of phenolic OH excluding ortho intramolecular Hbond substituents is 1. The summed E-state index contributed by atoms with van der Waals surface area (Å²) in [5.41, 5.74) is 4.61. The first-order valence-electron chi connectivity index (χ1n) is 7.15. The van der Waals surface area contributed by atoms with Gasteiger partial charge in [-0.3, -0.25) is 9.89 Å². The van der Waals surface area contributed by atoms with E-state index in [2.05, 4.69) is 20.7 Å². The Hall–Kier alpha value is -2.83. The summed E-state index contributed by atoms with van der Waals surface area (Å²) in [5, 5.41) is 20.8. The molecule has 3 rings (SSSR count). The first-order valence-corrected chi connectivity index (χ1v) is 7.91. The second-order valence-electron chi connectivity index (χ2n) is 5.12. The number of hydrogen-bond donors (Lipinski definition) is 3. The van der Waals surface area contributed by atoms with Gasteiger partial charge in [0.25, 0.3) is 5.91 Å². The predicted molar refractivity (Wildman–Crippen MR) is 97.2 cm³/mol. The molecule has 0 aliphatic heterocycles. The van der Waals surface area contributed by atoms with Crippen LogP contribution in [0.1, 0.15) is 16.1 Å². The molecule has 3 aromatic rings. The van der Waals surface area contributed by atoms with Crippen molar-refractivity contribution in [3.05, 3.63) is 69.8 Å². The highest BCUT2D eigenvalue weighted by atomic mass is 35.5. The van der Waals surface area contributed by atoms with Gasteiger partial charge in [-0.2, -0.15) is 10.2 Å². The summed E-state index contributed by atoms with van der Waals surface area (Å²) in [6.07, 6.45) is 1.46. The lowest BCUT2D eigenvalue weighted by Gasteiger charge is -1.98. The molecule has 0 saturated heterocycles. The van der Waals surface area contributed by atoms with Crippen LogP contribution in [0.4, 0.5) is 0 Å². The quantitative estimate of drug-likeness (QED) is 0.478. The van der Waals surface area contributed by atoms with Crippen LogP contribution in [0.5, 0.6) is 5.75 Å². The van der Waals surface area contributed by atoms with E-state index in [1.807, 2.05) is 0 Å². The number of carbonyl (C=O) groups excluding carboxylic acids is 1. The summed E-state index contributed by atoms with van der Waals surface area (Å²) in [6.45, 7) is 0. The van der Waals surface area contributed by atoms with E-state index < -0.39 is 5.91 Å². The molecule has 1 amide bonds. The van der Waals surface area contributed by atoms with Crippen molar-refractivity contribution in [1.29, 1.82) is 0 Å². The minimum absolute atomic E-state index is 0.160. The summed E-state index contributed by atoms with van der Waals surface area (Å²) in [5.74, 6) is -0.283. The van der Waals surface area contributed by atoms with Crippen molar-refractivity contribution in [2.24, 2.45) is 5.10 Å². The van der Waals surface area contributed by atoms with Crippen molar-refractivity contribution in [3.63, 3.8) is 0 Å². The molecule has 2 aromatic carbocycles. The fraction of sp³-hybridized carbons (Fsp3) is 0. The zero-order chi connectivity index (χ0) is 17.8. The molecule has 1 heterocycles. The molecule has 0 fully saturated rings. The molecule has 6 nitrogen and oxygen atoms in total. The van der Waals surface area contributed by atoms with Crippen LogP contribution in [-0.4, -0.2) is 27.4 Å². The molecule has 25 heavy (non-hydrogen) atoms. The Morgan fingerprint density at radius 2 is 1.80 bits per heavy atom. The van der Waals surface area contributed by atoms with Crippen LogP contribution in [0.3, 0.4) is 0 Å². The number of carbonyl (C=O) groups is 1. The second kappa shape index (κ2) is 7.38. The van der Waals surface area contributed by atoms with E-state index in [1.165, 1.54) is 18.3 Å². The molecule has 126 valence electrons. The molecular formula is C17H12Cl2N4O2. The minimum Gasteiger partial charge on any atom is -0.508 e. The topological polar surface area (TPSA) is 90.4 Å². The predicted octanol–water partition coefficient (Wildman–Crippen LogP) is 3.85. The maximum atomic E-state index is 12.1. The van der Waals surface area contributed by atoms with Gasteiger partial charge in [-0.1, -0.05) is 23.2 Å². The maximum Gasteiger partial charge on any atom is 0.289 e. The zero-order valence-electron chi connectivity index (χ0n) is 12.7. The smallest absolute Gasteiger partial charge is 0.289 e. The summed E-state index contributed by atoms with van der Waals surface area (Å²) in [4.78, 5) is 12.1. The number of H-pyrrole nitrogens is 1. The van der Waals surface area contributed by atoms with Crippen LogP contribution in [0.15, 0.2) is 53.6 Å². The number of aromatic nitrogens is 2. The average molecular weight is 375 g/mol. The van der Waals surface area contributed by atoms with Crippen LogP contribution in [0, 0.1) is 0 Å². The Balaban J connectivity index is 1.69. The Morgan fingerprint density at radius 1 is 1.12 bits per heavy atom. The normalized spacial score (nSPS) is 11.0. The number of amides is 1. The number of aromatic amines is 1. The molecule has 0 bridgehead atoms. The van der Waals surface area contributed by atoms with E-state index in [0.717, 1.165) is 5.56 Å². The number of hydrogen-bond acceptors (Lipinski definition) is 4. The summed E-state index contributed by atoms with van der Waals surface area (Å²) >= 11 is 11.9. The fourth-order valence-electron chi connectivity index (χ4n) is 2.07. The Bertz CT molecular complexity index is 916. The molecular weight excluding hydrogens is 363 g/mol. The molecule has 0 aliphatic carbocycles. The standard InChI is InChI=1S/C17H12Cl2N4O2/c18-12-5-11(6-13(19)7-12)15-8-16(22-21-15)17(25)23-20-9-10-1-3-14(24)4-2-10/h1-9,24H,(H,21,22)(H,23,25)/b20-9+. The largest absolute Gasteiger partial charge is 0.508 e. The number of hydrazone groups is 1. The number of phenols is 1. The van der Waals surface area contributed by atoms with E-state index in [4.69, 9.17) is 23.2 Å². The van der Waals surface area contributed by atoms with Gasteiger partial charge < -0.3 is 5.11 Å². The third kappa shape index (κ3) is 4.37. The Labute approximate surface area is 153 Å².